The smallest absolute Gasteiger partial charge is 0.254 e. The Kier molecular flexibility index (Phi) is 7.46. The van der Waals surface area contributed by atoms with Crippen LogP contribution >= 0.6 is 0 Å². The Labute approximate surface area is 187 Å². The number of halogens is 1. The van der Waals surface area contributed by atoms with Gasteiger partial charge < -0.3 is 14.4 Å². The lowest BCUT2D eigenvalue weighted by Crippen LogP contribution is -2.37. The van der Waals surface area contributed by atoms with E-state index >= 15 is 0 Å². The normalized spacial score (nSPS) is 15.5. The fourth-order valence-corrected chi connectivity index (χ4v) is 3.86. The van der Waals surface area contributed by atoms with E-state index in [1.54, 1.807) is 36.7 Å². The van der Waals surface area contributed by atoms with Crippen LogP contribution < -0.4 is 4.74 Å². The average Bonchev–Trinajstić information content (AvgIpc) is 3.33. The summed E-state index contributed by atoms with van der Waals surface area (Å²) >= 11 is 0. The average molecular weight is 435 g/mol. The minimum absolute atomic E-state index is 0.0474. The zero-order valence-corrected chi connectivity index (χ0v) is 18.0. The lowest BCUT2D eigenvalue weighted by molar-refractivity contribution is 0.0507. The van der Waals surface area contributed by atoms with E-state index in [0.29, 0.717) is 43.0 Å². The van der Waals surface area contributed by atoms with E-state index in [2.05, 4.69) is 4.98 Å². The van der Waals surface area contributed by atoms with Crippen LogP contribution in [0.5, 0.6) is 5.75 Å². The predicted octanol–water partition coefficient (Wildman–Crippen LogP) is 4.66. The second-order valence-electron chi connectivity index (χ2n) is 7.89. The monoisotopic (exact) mass is 434 g/mol. The van der Waals surface area contributed by atoms with E-state index in [1.807, 2.05) is 35.2 Å². The molecule has 1 aliphatic heterocycles. The first-order valence-corrected chi connectivity index (χ1v) is 10.9. The van der Waals surface area contributed by atoms with Crippen molar-refractivity contribution in [2.75, 3.05) is 19.8 Å². The molecule has 2 aromatic carbocycles. The number of benzene rings is 2. The molecule has 1 fully saturated rings. The molecule has 0 radical (unpaired) electrons. The Morgan fingerprint density at radius 1 is 1.12 bits per heavy atom. The van der Waals surface area contributed by atoms with Crippen LogP contribution in [0, 0.1) is 5.82 Å². The molecule has 0 spiro atoms. The molecule has 1 aromatic heterocycles. The van der Waals surface area contributed by atoms with Gasteiger partial charge in [0.05, 0.1) is 12.7 Å². The van der Waals surface area contributed by atoms with Gasteiger partial charge in [-0.15, -0.1) is 0 Å². The molecule has 0 saturated carbocycles. The third-order valence-corrected chi connectivity index (χ3v) is 5.53. The van der Waals surface area contributed by atoms with Gasteiger partial charge in [0.15, 0.2) is 0 Å². The van der Waals surface area contributed by atoms with Crippen molar-refractivity contribution in [3.05, 3.63) is 95.6 Å². The summed E-state index contributed by atoms with van der Waals surface area (Å²) < 4.78 is 25.4. The molecule has 1 amide bonds. The summed E-state index contributed by atoms with van der Waals surface area (Å²) in [6, 6.07) is 17.9. The second-order valence-corrected chi connectivity index (χ2v) is 7.89. The molecule has 32 heavy (non-hydrogen) atoms. The van der Waals surface area contributed by atoms with Crippen LogP contribution in [0.15, 0.2) is 73.1 Å². The van der Waals surface area contributed by atoms with Crippen molar-refractivity contribution in [2.24, 2.45) is 0 Å². The molecule has 1 atom stereocenters. The summed E-state index contributed by atoms with van der Waals surface area (Å²) in [6.07, 6.45) is 5.78. The fourth-order valence-electron chi connectivity index (χ4n) is 3.86. The van der Waals surface area contributed by atoms with Crippen LogP contribution in [0.3, 0.4) is 0 Å². The van der Waals surface area contributed by atoms with Gasteiger partial charge >= 0.3 is 0 Å². The van der Waals surface area contributed by atoms with Crippen molar-refractivity contribution >= 4 is 5.91 Å². The molecule has 0 aliphatic carbocycles. The molecule has 0 bridgehead atoms. The van der Waals surface area contributed by atoms with E-state index < -0.39 is 0 Å². The van der Waals surface area contributed by atoms with Crippen molar-refractivity contribution in [1.29, 1.82) is 0 Å². The minimum atomic E-state index is -0.218. The second kappa shape index (κ2) is 10.9. The number of hydrogen-bond donors (Lipinski definition) is 0. The quantitative estimate of drug-likeness (QED) is 0.491. The molecule has 1 aliphatic rings. The third-order valence-electron chi connectivity index (χ3n) is 5.53. The molecule has 0 N–H and O–H groups in total. The van der Waals surface area contributed by atoms with Gasteiger partial charge in [-0.2, -0.15) is 0 Å². The minimum Gasteiger partial charge on any atom is -0.493 e. The van der Waals surface area contributed by atoms with Gasteiger partial charge in [-0.3, -0.25) is 9.78 Å². The summed E-state index contributed by atoms with van der Waals surface area (Å²) in [6.45, 7) is 2.11. The molecule has 2 heterocycles. The van der Waals surface area contributed by atoms with Crippen molar-refractivity contribution in [3.8, 4) is 5.75 Å². The van der Waals surface area contributed by atoms with Crippen molar-refractivity contribution in [2.45, 2.75) is 31.9 Å². The first-order chi connectivity index (χ1) is 15.7. The third kappa shape index (κ3) is 5.92. The number of rotatable bonds is 9. The van der Waals surface area contributed by atoms with Gasteiger partial charge in [0.25, 0.3) is 5.91 Å². The van der Waals surface area contributed by atoms with E-state index in [-0.39, 0.29) is 17.8 Å². The van der Waals surface area contributed by atoms with E-state index in [4.69, 9.17) is 9.47 Å². The first kappa shape index (κ1) is 22.0. The number of carbonyl (C=O) groups excluding carboxylic acids is 1. The lowest BCUT2D eigenvalue weighted by atomic mass is 10.1. The van der Waals surface area contributed by atoms with Crippen LogP contribution in [0.25, 0.3) is 0 Å². The van der Waals surface area contributed by atoms with E-state index in [1.165, 1.54) is 6.07 Å². The molecule has 4 rings (SSSR count). The highest BCUT2D eigenvalue weighted by atomic mass is 19.1. The number of ether oxygens (including phenoxy) is 2. The van der Waals surface area contributed by atoms with E-state index in [0.717, 1.165) is 25.0 Å². The summed E-state index contributed by atoms with van der Waals surface area (Å²) in [5, 5.41) is 0. The predicted molar refractivity (Wildman–Crippen MR) is 120 cm³/mol. The number of carbonyl (C=O) groups is 1. The van der Waals surface area contributed by atoms with Gasteiger partial charge in [0.2, 0.25) is 0 Å². The standard InChI is InChI=1S/C26H27FN2O3/c27-25-9-2-1-6-21(25)12-16-32-23-7-3-5-20(17-23)18-29(19-24-8-4-15-31-24)26(30)22-10-13-28-14-11-22/h1-3,5-7,9-11,13-14,17,24H,4,8,12,15-16,18-19H2/t24-/m0/s1. The van der Waals surface area contributed by atoms with Crippen molar-refractivity contribution < 1.29 is 18.7 Å². The fraction of sp³-hybridized carbons (Fsp3) is 0.308. The Morgan fingerprint density at radius 2 is 1.97 bits per heavy atom. The van der Waals surface area contributed by atoms with Gasteiger partial charge in [-0.05, 0) is 54.3 Å². The lowest BCUT2D eigenvalue weighted by Gasteiger charge is -2.26. The van der Waals surface area contributed by atoms with Crippen LogP contribution in [-0.2, 0) is 17.7 Å². The van der Waals surface area contributed by atoms with Gasteiger partial charge in [0.1, 0.15) is 11.6 Å². The topological polar surface area (TPSA) is 51.7 Å². The molecule has 6 heteroatoms. The van der Waals surface area contributed by atoms with Gasteiger partial charge in [-0.25, -0.2) is 4.39 Å². The Balaban J connectivity index is 1.42. The maximum Gasteiger partial charge on any atom is 0.254 e. The highest BCUT2D eigenvalue weighted by Crippen LogP contribution is 2.20. The SMILES string of the molecule is O=C(c1ccncc1)N(Cc1cccc(OCCc2ccccc2F)c1)C[C@@H]1CCCO1. The largest absolute Gasteiger partial charge is 0.493 e. The van der Waals surface area contributed by atoms with E-state index in [9.17, 15) is 9.18 Å². The highest BCUT2D eigenvalue weighted by Gasteiger charge is 2.23. The Morgan fingerprint density at radius 3 is 2.75 bits per heavy atom. The van der Waals surface area contributed by atoms with Crippen molar-refractivity contribution in [1.82, 2.24) is 9.88 Å². The Hall–Kier alpha value is -3.25. The van der Waals surface area contributed by atoms with Crippen molar-refractivity contribution in [3.63, 3.8) is 0 Å². The number of pyridine rings is 1. The zero-order valence-electron chi connectivity index (χ0n) is 18.0. The molecule has 0 unspecified atom stereocenters. The molecular formula is C26H27FN2O3. The Bertz CT molecular complexity index is 1020. The van der Waals surface area contributed by atoms with Gasteiger partial charge in [-0.1, -0.05) is 30.3 Å². The number of hydrogen-bond acceptors (Lipinski definition) is 4. The number of aromatic nitrogens is 1. The summed E-state index contributed by atoms with van der Waals surface area (Å²) in [5.41, 5.74) is 2.21. The van der Waals surface area contributed by atoms with Gasteiger partial charge in [0, 0.05) is 44.1 Å². The molecule has 166 valence electrons. The van der Waals surface area contributed by atoms with Crippen LogP contribution in [0.1, 0.15) is 34.3 Å². The zero-order chi connectivity index (χ0) is 22.2. The highest BCUT2D eigenvalue weighted by molar-refractivity contribution is 5.94. The summed E-state index contributed by atoms with van der Waals surface area (Å²) in [5.74, 6) is 0.435. The molecule has 3 aromatic rings. The number of amides is 1. The van der Waals surface area contributed by atoms with Crippen LogP contribution in [0.4, 0.5) is 4.39 Å². The molecule has 1 saturated heterocycles. The first-order valence-electron chi connectivity index (χ1n) is 10.9. The summed E-state index contributed by atoms with van der Waals surface area (Å²) in [4.78, 5) is 19.0. The number of nitrogens with zero attached hydrogens (tertiary/aromatic N) is 2. The molecular weight excluding hydrogens is 407 g/mol. The molecule has 5 nitrogen and oxygen atoms in total. The maximum atomic E-state index is 13.8. The van der Waals surface area contributed by atoms with Crippen LogP contribution in [0.2, 0.25) is 0 Å². The maximum absolute atomic E-state index is 13.8. The summed E-state index contributed by atoms with van der Waals surface area (Å²) in [7, 11) is 0. The van der Waals surface area contributed by atoms with Crippen LogP contribution in [-0.4, -0.2) is 41.7 Å².